The average Bonchev–Trinajstić information content (AvgIpc) is 3.05. The number of carbonyl (C=O) groups is 1. The Kier molecular flexibility index (Phi) is 9.36. The molecule has 0 spiro atoms. The maximum atomic E-state index is 12.4. The summed E-state index contributed by atoms with van der Waals surface area (Å²) in [7, 11) is 0. The van der Waals surface area contributed by atoms with Crippen LogP contribution in [0.5, 0.6) is 5.75 Å². The highest BCUT2D eigenvalue weighted by atomic mass is 35.5. The summed E-state index contributed by atoms with van der Waals surface area (Å²) in [6.45, 7) is 4.14. The van der Waals surface area contributed by atoms with E-state index in [0.717, 1.165) is 47.9 Å². The van der Waals surface area contributed by atoms with Crippen molar-refractivity contribution < 1.29 is 9.53 Å². The van der Waals surface area contributed by atoms with Gasteiger partial charge in [-0.2, -0.15) is 0 Å². The van der Waals surface area contributed by atoms with Crippen molar-refractivity contribution in [2.24, 2.45) is 5.73 Å². The summed E-state index contributed by atoms with van der Waals surface area (Å²) in [5, 5.41) is 2.90. The van der Waals surface area contributed by atoms with Gasteiger partial charge in [-0.15, -0.1) is 36.2 Å². The van der Waals surface area contributed by atoms with Crippen LogP contribution >= 0.6 is 36.2 Å². The molecule has 1 aliphatic rings. The molecule has 0 aliphatic carbocycles. The number of hydrogen-bond acceptors (Lipinski definition) is 5. The summed E-state index contributed by atoms with van der Waals surface area (Å²) in [6, 6.07) is 8.13. The normalized spacial score (nSPS) is 14.3. The van der Waals surface area contributed by atoms with Crippen LogP contribution in [0.1, 0.15) is 25.5 Å². The highest BCUT2D eigenvalue weighted by Gasteiger charge is 2.21. The van der Waals surface area contributed by atoms with Gasteiger partial charge in [0, 0.05) is 30.1 Å². The van der Waals surface area contributed by atoms with Crippen molar-refractivity contribution in [2.45, 2.75) is 32.2 Å². The molecule has 0 saturated carbocycles. The molecule has 144 valence electrons. The lowest BCUT2D eigenvalue weighted by molar-refractivity contribution is -0.131. The van der Waals surface area contributed by atoms with Crippen molar-refractivity contribution in [1.29, 1.82) is 0 Å². The number of carbonyl (C=O) groups excluding carboxylic acids is 1. The molecule has 0 bridgehead atoms. The van der Waals surface area contributed by atoms with E-state index in [1.807, 2.05) is 41.5 Å². The Balaban J connectivity index is 0.00000169. The molecule has 2 N–H and O–H groups in total. The molecule has 1 aromatic heterocycles. The van der Waals surface area contributed by atoms with Crippen LogP contribution in [0, 0.1) is 0 Å². The molecule has 8 heteroatoms. The van der Waals surface area contributed by atoms with Gasteiger partial charge in [-0.3, -0.25) is 4.79 Å². The largest absolute Gasteiger partial charge is 0.494 e. The molecule has 0 radical (unpaired) electrons. The van der Waals surface area contributed by atoms with Crippen molar-refractivity contribution >= 4 is 42.1 Å². The molecule has 3 rings (SSSR count). The molecular formula is C18H25Cl2N3O2S. The Morgan fingerprint density at radius 1 is 1.27 bits per heavy atom. The van der Waals surface area contributed by atoms with Crippen LogP contribution in [0.2, 0.25) is 0 Å². The van der Waals surface area contributed by atoms with Crippen LogP contribution in [-0.4, -0.2) is 41.5 Å². The summed E-state index contributed by atoms with van der Waals surface area (Å²) < 4.78 is 5.45. The minimum absolute atomic E-state index is 0. The smallest absolute Gasteiger partial charge is 0.228 e. The van der Waals surface area contributed by atoms with E-state index in [4.69, 9.17) is 10.5 Å². The second kappa shape index (κ2) is 10.7. The fourth-order valence-corrected chi connectivity index (χ4v) is 3.62. The minimum atomic E-state index is 0. The molecule has 2 heterocycles. The summed E-state index contributed by atoms with van der Waals surface area (Å²) >= 11 is 1.57. The second-order valence-corrected chi connectivity index (χ2v) is 6.85. The lowest BCUT2D eigenvalue weighted by Crippen LogP contribution is -2.43. The molecular weight excluding hydrogens is 393 g/mol. The summed E-state index contributed by atoms with van der Waals surface area (Å²) in [6.07, 6.45) is 2.14. The van der Waals surface area contributed by atoms with Crippen LogP contribution in [0.4, 0.5) is 0 Å². The Bertz CT molecular complexity index is 686. The van der Waals surface area contributed by atoms with Crippen molar-refractivity contribution in [3.8, 4) is 16.3 Å². The second-order valence-electron chi connectivity index (χ2n) is 6.00. The maximum absolute atomic E-state index is 12.4. The zero-order chi connectivity index (χ0) is 16.9. The molecule has 1 aromatic carbocycles. The van der Waals surface area contributed by atoms with Gasteiger partial charge < -0.3 is 15.4 Å². The standard InChI is InChI=1S/C18H23N3O2S.2ClH/c1-2-23-16-5-3-13(4-6-16)18-20-15(12-24-18)11-17(22)21-9-7-14(19)8-10-21;;/h3-6,12,14H,2,7-11,19H2,1H3;2*1H. The number of hydrogen-bond donors (Lipinski definition) is 1. The SMILES string of the molecule is CCOc1ccc(-c2nc(CC(=O)N3CCC(N)CC3)cs2)cc1.Cl.Cl. The van der Waals surface area contributed by atoms with Crippen molar-refractivity contribution in [3.05, 3.63) is 35.3 Å². The fourth-order valence-electron chi connectivity index (χ4n) is 2.80. The number of nitrogens with two attached hydrogens (primary N) is 1. The third-order valence-electron chi connectivity index (χ3n) is 4.19. The lowest BCUT2D eigenvalue weighted by atomic mass is 10.1. The number of aromatic nitrogens is 1. The number of piperidine rings is 1. The predicted molar refractivity (Wildman–Crippen MR) is 111 cm³/mol. The molecule has 1 aliphatic heterocycles. The molecule has 26 heavy (non-hydrogen) atoms. The van der Waals surface area contributed by atoms with E-state index >= 15 is 0 Å². The molecule has 1 amide bonds. The molecule has 1 saturated heterocycles. The fraction of sp³-hybridized carbons (Fsp3) is 0.444. The van der Waals surface area contributed by atoms with Gasteiger partial charge in [-0.25, -0.2) is 4.98 Å². The number of thiazole rings is 1. The summed E-state index contributed by atoms with van der Waals surface area (Å²) in [4.78, 5) is 18.9. The topological polar surface area (TPSA) is 68.5 Å². The number of likely N-dealkylation sites (tertiary alicyclic amines) is 1. The van der Waals surface area contributed by atoms with Gasteiger partial charge in [0.2, 0.25) is 5.91 Å². The van der Waals surface area contributed by atoms with Crippen LogP contribution in [-0.2, 0) is 11.2 Å². The van der Waals surface area contributed by atoms with E-state index in [-0.39, 0.29) is 36.8 Å². The Hall–Kier alpha value is -1.34. The predicted octanol–water partition coefficient (Wildman–Crippen LogP) is 3.54. The average molecular weight is 418 g/mol. The maximum Gasteiger partial charge on any atom is 0.228 e. The number of amides is 1. The van der Waals surface area contributed by atoms with Gasteiger partial charge in [-0.05, 0) is 44.0 Å². The zero-order valence-corrected chi connectivity index (χ0v) is 17.2. The first kappa shape index (κ1) is 22.7. The van der Waals surface area contributed by atoms with Crippen LogP contribution in [0.15, 0.2) is 29.6 Å². The first-order valence-corrected chi connectivity index (χ1v) is 9.24. The van der Waals surface area contributed by atoms with Gasteiger partial charge in [0.15, 0.2) is 0 Å². The monoisotopic (exact) mass is 417 g/mol. The Morgan fingerprint density at radius 3 is 2.54 bits per heavy atom. The van der Waals surface area contributed by atoms with Crippen LogP contribution in [0.25, 0.3) is 10.6 Å². The number of halogens is 2. The molecule has 5 nitrogen and oxygen atoms in total. The first-order valence-electron chi connectivity index (χ1n) is 8.36. The number of benzene rings is 1. The molecule has 0 unspecified atom stereocenters. The van der Waals surface area contributed by atoms with E-state index in [1.54, 1.807) is 11.3 Å². The summed E-state index contributed by atoms with van der Waals surface area (Å²) in [5.74, 6) is 1.00. The quantitative estimate of drug-likeness (QED) is 0.807. The Morgan fingerprint density at radius 2 is 1.92 bits per heavy atom. The molecule has 1 fully saturated rings. The van der Waals surface area contributed by atoms with E-state index < -0.39 is 0 Å². The van der Waals surface area contributed by atoms with Gasteiger partial charge >= 0.3 is 0 Å². The lowest BCUT2D eigenvalue weighted by Gasteiger charge is -2.30. The van der Waals surface area contributed by atoms with Crippen LogP contribution in [0.3, 0.4) is 0 Å². The van der Waals surface area contributed by atoms with Crippen molar-refractivity contribution in [1.82, 2.24) is 9.88 Å². The highest BCUT2D eigenvalue weighted by molar-refractivity contribution is 7.13. The van der Waals surface area contributed by atoms with Gasteiger partial charge in [0.25, 0.3) is 0 Å². The number of ether oxygens (including phenoxy) is 1. The minimum Gasteiger partial charge on any atom is -0.494 e. The third kappa shape index (κ3) is 5.84. The zero-order valence-electron chi connectivity index (χ0n) is 14.7. The molecule has 2 aromatic rings. The number of rotatable bonds is 5. The third-order valence-corrected chi connectivity index (χ3v) is 5.13. The van der Waals surface area contributed by atoms with E-state index in [0.29, 0.717) is 13.0 Å². The highest BCUT2D eigenvalue weighted by Crippen LogP contribution is 2.26. The number of nitrogens with zero attached hydrogens (tertiary/aromatic N) is 2. The van der Waals surface area contributed by atoms with Crippen molar-refractivity contribution in [2.75, 3.05) is 19.7 Å². The van der Waals surface area contributed by atoms with Gasteiger partial charge in [-0.1, -0.05) is 0 Å². The Labute approximate surface area is 170 Å². The molecule has 0 atom stereocenters. The van der Waals surface area contributed by atoms with E-state index in [2.05, 4.69) is 4.98 Å². The van der Waals surface area contributed by atoms with E-state index in [1.165, 1.54) is 0 Å². The first-order chi connectivity index (χ1) is 11.7. The van der Waals surface area contributed by atoms with E-state index in [9.17, 15) is 4.79 Å². The van der Waals surface area contributed by atoms with Gasteiger partial charge in [0.05, 0.1) is 18.7 Å². The van der Waals surface area contributed by atoms with Gasteiger partial charge in [0.1, 0.15) is 10.8 Å². The van der Waals surface area contributed by atoms with Crippen LogP contribution < -0.4 is 10.5 Å². The summed E-state index contributed by atoms with van der Waals surface area (Å²) in [5.41, 5.74) is 7.77. The van der Waals surface area contributed by atoms with Crippen molar-refractivity contribution in [3.63, 3.8) is 0 Å².